The monoisotopic (exact) mass is 763 g/mol. The molecule has 1 aliphatic carbocycles. The summed E-state index contributed by atoms with van der Waals surface area (Å²) in [6.45, 7) is 25.2. The molecule has 4 N–H and O–H groups in total. The number of benzene rings is 2. The second-order valence-corrected chi connectivity index (χ2v) is 17.5. The summed E-state index contributed by atoms with van der Waals surface area (Å²) in [5.41, 5.74) is 5.65. The van der Waals surface area contributed by atoms with E-state index in [0.717, 1.165) is 74.2 Å². The predicted molar refractivity (Wildman–Crippen MR) is 207 cm³/mol. The number of aryl methyl sites for hydroxylation is 1. The molecule has 0 spiro atoms. The summed E-state index contributed by atoms with van der Waals surface area (Å²) in [5.74, 6) is 2.05. The molecule has 2 aromatic carbocycles. The summed E-state index contributed by atoms with van der Waals surface area (Å²) in [6, 6.07) is 8.66. The Labute approximate surface area is 321 Å². The minimum Gasteiger partial charge on any atom is -0.507 e. The molecule has 3 aliphatic rings. The van der Waals surface area contributed by atoms with Crippen molar-refractivity contribution in [2.24, 2.45) is 9.98 Å². The zero-order valence-electron chi connectivity index (χ0n) is 33.0. The minimum atomic E-state index is -1.83. The van der Waals surface area contributed by atoms with Crippen molar-refractivity contribution < 1.29 is 46.6 Å². The van der Waals surface area contributed by atoms with E-state index < -0.39 is 6.16 Å². The van der Waals surface area contributed by atoms with Crippen molar-refractivity contribution in [2.75, 3.05) is 39.8 Å². The number of hydrogen-bond donors (Lipinski definition) is 4. The van der Waals surface area contributed by atoms with Crippen molar-refractivity contribution in [1.82, 2.24) is 9.80 Å². The van der Waals surface area contributed by atoms with Gasteiger partial charge in [0, 0.05) is 58.7 Å². The fourth-order valence-corrected chi connectivity index (χ4v) is 6.86. The van der Waals surface area contributed by atoms with Crippen LogP contribution in [0.1, 0.15) is 121 Å². The standard InChI is InChI=1S/C40H59N5O2.CH2O3.Co/c1-38(2,3)30-20-27(14-11-16-44-18-13-19-45-17-12-15-43(10)37(44)45)35(46)28(21-30)25-41-33-24-34(33)42-26-29-22-31(39(4,5)6)23-32(36(29)47)40(7,8)9;2-1(3)4;/h20-23,25-26,33-34H,11-19,24H2,1-10H3,(H-,41,42,46,47);(H2,2,3,4);/p+1. The van der Waals surface area contributed by atoms with Gasteiger partial charge < -0.3 is 20.4 Å². The fourth-order valence-electron chi connectivity index (χ4n) is 6.86. The molecule has 1 radical (unpaired) electrons. The van der Waals surface area contributed by atoms with Crippen molar-refractivity contribution in [1.29, 1.82) is 0 Å². The van der Waals surface area contributed by atoms with E-state index in [2.05, 4.69) is 108 Å². The first-order chi connectivity index (χ1) is 23.7. The maximum absolute atomic E-state index is 11.4. The molecule has 1 saturated carbocycles. The Kier molecular flexibility index (Phi) is 14.0. The number of phenols is 2. The van der Waals surface area contributed by atoms with E-state index in [1.165, 1.54) is 29.9 Å². The molecule has 0 aromatic heterocycles. The summed E-state index contributed by atoms with van der Waals surface area (Å²) in [6.07, 6.45) is 6.98. The van der Waals surface area contributed by atoms with E-state index in [0.29, 0.717) is 11.5 Å². The molecular weight excluding hydrogens is 701 g/mol. The molecule has 0 bridgehead atoms. The Balaban J connectivity index is 0.00000139. The van der Waals surface area contributed by atoms with E-state index >= 15 is 0 Å². The van der Waals surface area contributed by atoms with E-state index in [9.17, 15) is 10.2 Å². The van der Waals surface area contributed by atoms with E-state index in [4.69, 9.17) is 25.0 Å². The topological polar surface area (TPSA) is 132 Å². The summed E-state index contributed by atoms with van der Waals surface area (Å²) in [4.78, 5) is 23.4. The zero-order valence-corrected chi connectivity index (χ0v) is 34.0. The maximum Gasteiger partial charge on any atom is 0.503 e. The number of carbonyl (C=O) groups is 1. The third kappa shape index (κ3) is 11.2. The number of rotatable bonds is 8. The van der Waals surface area contributed by atoms with Gasteiger partial charge in [-0.05, 0) is 64.3 Å². The van der Waals surface area contributed by atoms with Gasteiger partial charge in [0.25, 0.3) is 0 Å². The van der Waals surface area contributed by atoms with Gasteiger partial charge in [0.1, 0.15) is 11.5 Å². The number of nitrogens with zero attached hydrogens (tertiary/aromatic N) is 5. The average molecular weight is 764 g/mol. The summed E-state index contributed by atoms with van der Waals surface area (Å²) < 4.78 is 2.42. The second-order valence-electron chi connectivity index (χ2n) is 17.5. The third-order valence-corrected chi connectivity index (χ3v) is 9.99. The molecule has 11 heteroatoms. The van der Waals surface area contributed by atoms with Crippen LogP contribution < -0.4 is 0 Å². The molecule has 2 atom stereocenters. The van der Waals surface area contributed by atoms with Crippen molar-refractivity contribution in [3.8, 4) is 11.5 Å². The number of guanidine groups is 1. The Bertz CT molecular complexity index is 1660. The molecule has 5 rings (SSSR count). The van der Waals surface area contributed by atoms with Gasteiger partial charge in [-0.25, -0.2) is 4.79 Å². The largest absolute Gasteiger partial charge is 0.507 e. The number of hydrogen-bond acceptors (Lipinski definition) is 7. The van der Waals surface area contributed by atoms with Gasteiger partial charge in [0.15, 0.2) is 0 Å². The van der Waals surface area contributed by atoms with Crippen molar-refractivity contribution in [3.05, 3.63) is 57.6 Å². The first-order valence-electron chi connectivity index (χ1n) is 18.5. The van der Waals surface area contributed by atoms with Crippen molar-refractivity contribution in [2.45, 2.75) is 123 Å². The number of phenolic OH excluding ortho intramolecular Hbond substituents is 2. The predicted octanol–water partition coefficient (Wildman–Crippen LogP) is 7.23. The van der Waals surface area contributed by atoms with Crippen molar-refractivity contribution in [3.63, 3.8) is 0 Å². The Morgan fingerprint density at radius 3 is 1.87 bits per heavy atom. The molecule has 2 fully saturated rings. The van der Waals surface area contributed by atoms with Gasteiger partial charge >= 0.3 is 12.1 Å². The minimum absolute atomic E-state index is 0. The first-order valence-corrected chi connectivity index (χ1v) is 18.5. The van der Waals surface area contributed by atoms with Crippen LogP contribution in [0.25, 0.3) is 0 Å². The smallest absolute Gasteiger partial charge is 0.503 e. The average Bonchev–Trinajstić information content (AvgIpc) is 3.77. The normalized spacial score (nSPS) is 19.3. The van der Waals surface area contributed by atoms with Crippen LogP contribution in [0.3, 0.4) is 0 Å². The van der Waals surface area contributed by atoms with E-state index in [-0.39, 0.29) is 45.1 Å². The summed E-state index contributed by atoms with van der Waals surface area (Å²) >= 11 is 0. The van der Waals surface area contributed by atoms with Gasteiger partial charge in [-0.3, -0.25) is 24.4 Å². The van der Waals surface area contributed by atoms with Gasteiger partial charge in [-0.1, -0.05) is 74.4 Å². The molecule has 289 valence electrons. The van der Waals surface area contributed by atoms with E-state index in [1.54, 1.807) is 0 Å². The van der Waals surface area contributed by atoms with Crippen LogP contribution in [0.4, 0.5) is 4.79 Å². The van der Waals surface area contributed by atoms with E-state index in [1.807, 2.05) is 12.4 Å². The van der Waals surface area contributed by atoms with Crippen LogP contribution in [0.2, 0.25) is 0 Å². The second kappa shape index (κ2) is 17.1. The molecule has 2 aliphatic heterocycles. The third-order valence-electron chi connectivity index (χ3n) is 9.99. The van der Waals surface area contributed by atoms with Crippen LogP contribution in [0.5, 0.6) is 11.5 Å². The molecule has 2 heterocycles. The summed E-state index contributed by atoms with van der Waals surface area (Å²) in [7, 11) is 2.22. The van der Waals surface area contributed by atoms with Gasteiger partial charge in [0.2, 0.25) is 0 Å². The molecule has 0 amide bonds. The van der Waals surface area contributed by atoms with Crippen molar-refractivity contribution >= 4 is 24.5 Å². The van der Waals surface area contributed by atoms with Crippen LogP contribution >= 0.6 is 0 Å². The molecule has 10 nitrogen and oxygen atoms in total. The molecule has 52 heavy (non-hydrogen) atoms. The maximum atomic E-state index is 11.4. The van der Waals surface area contributed by atoms with Gasteiger partial charge in [-0.15, -0.1) is 0 Å². The van der Waals surface area contributed by atoms with Gasteiger partial charge in [-0.2, -0.15) is 0 Å². The molecule has 2 aromatic rings. The van der Waals surface area contributed by atoms with Gasteiger partial charge in [0.05, 0.1) is 51.9 Å². The molecular formula is C41H62CoN5O5+. The Morgan fingerprint density at radius 2 is 1.33 bits per heavy atom. The first kappa shape index (κ1) is 42.8. The van der Waals surface area contributed by atoms with Crippen LogP contribution in [0.15, 0.2) is 34.3 Å². The number of aliphatic imine (C=N–C) groups is 2. The van der Waals surface area contributed by atoms with Crippen LogP contribution in [-0.2, 0) is 39.4 Å². The Hall–Kier alpha value is -3.57. The van der Waals surface area contributed by atoms with Crippen LogP contribution in [-0.4, -0.2) is 111 Å². The quantitative estimate of drug-likeness (QED) is 0.165. The fraction of sp³-hybridized carbons (Fsp3) is 0.610. The van der Waals surface area contributed by atoms with Crippen LogP contribution in [0, 0.1) is 0 Å². The Morgan fingerprint density at radius 1 is 0.808 bits per heavy atom. The number of carboxylic acid groups (broad SMARTS) is 2. The molecule has 1 saturated heterocycles. The number of aromatic hydroxyl groups is 2. The zero-order chi connectivity index (χ0) is 37.9. The SMILES string of the molecule is C[N+]1=C2N(CCCc3cc(C(C)(C)C)cc(C=NC4CC4N=Cc4cc(C(C)(C)C)cc(C(C)(C)C)c4O)c3O)CCCN2CCC1.O=C(O)O.[Co]. The number of fused-ring (bicyclic) bond motifs is 1. The molecule has 2 unspecified atom stereocenters. The summed E-state index contributed by atoms with van der Waals surface area (Å²) in [5, 5.41) is 36.5.